The maximum atomic E-state index is 4.01. The summed E-state index contributed by atoms with van der Waals surface area (Å²) in [6.07, 6.45) is 6.00. The molecule has 0 amide bonds. The highest BCUT2D eigenvalue weighted by molar-refractivity contribution is 5.25. The van der Waals surface area contributed by atoms with Crippen molar-refractivity contribution in [2.75, 3.05) is 0 Å². The first kappa shape index (κ1) is 13.8. The molecule has 1 heterocycles. The number of aromatic amines is 1. The first-order valence-electron chi connectivity index (χ1n) is 7.08. The summed E-state index contributed by atoms with van der Waals surface area (Å²) in [4.78, 5) is 0. The Morgan fingerprint density at radius 3 is 2.42 bits per heavy atom. The smallest absolute Gasteiger partial charge is 0.0534 e. The Hall–Kier alpha value is -1.61. The fraction of sp³-hybridized carbons (Fsp3) is 0.438. The van der Waals surface area contributed by atoms with Crippen molar-refractivity contribution in [2.24, 2.45) is 0 Å². The van der Waals surface area contributed by atoms with Crippen LogP contribution in [0.1, 0.15) is 56.0 Å². The first-order chi connectivity index (χ1) is 9.24. The molecule has 2 unspecified atom stereocenters. The molecule has 1 aromatic heterocycles. The van der Waals surface area contributed by atoms with Gasteiger partial charge in [0.2, 0.25) is 0 Å². The van der Waals surface area contributed by atoms with Gasteiger partial charge in [-0.3, -0.25) is 5.10 Å². The molecule has 0 saturated carbocycles. The van der Waals surface area contributed by atoms with Crippen LogP contribution in [0.4, 0.5) is 0 Å². The number of aryl methyl sites for hydroxylation is 1. The van der Waals surface area contributed by atoms with Crippen LogP contribution in [0.25, 0.3) is 0 Å². The maximum Gasteiger partial charge on any atom is 0.0534 e. The first-order valence-corrected chi connectivity index (χ1v) is 7.08. The summed E-state index contributed by atoms with van der Waals surface area (Å²) in [5.41, 5.74) is 3.94. The Labute approximate surface area is 115 Å². The van der Waals surface area contributed by atoms with Crippen molar-refractivity contribution in [2.45, 2.75) is 45.7 Å². The molecule has 2 N–H and O–H groups in total. The normalized spacial score (nSPS) is 14.3. The van der Waals surface area contributed by atoms with Crippen LogP contribution in [-0.2, 0) is 6.42 Å². The molecule has 0 radical (unpaired) electrons. The van der Waals surface area contributed by atoms with Crippen molar-refractivity contribution >= 4 is 0 Å². The van der Waals surface area contributed by atoms with E-state index in [2.05, 4.69) is 60.6 Å². The van der Waals surface area contributed by atoms with Crippen LogP contribution in [0.3, 0.4) is 0 Å². The molecule has 0 aliphatic carbocycles. The predicted molar refractivity (Wildman–Crippen MR) is 79.0 cm³/mol. The van der Waals surface area contributed by atoms with E-state index in [1.807, 2.05) is 12.4 Å². The lowest BCUT2D eigenvalue weighted by Crippen LogP contribution is -2.24. The van der Waals surface area contributed by atoms with Gasteiger partial charge in [0, 0.05) is 23.8 Å². The number of nitrogens with one attached hydrogen (secondary N) is 2. The van der Waals surface area contributed by atoms with E-state index in [0.29, 0.717) is 12.1 Å². The van der Waals surface area contributed by atoms with Gasteiger partial charge in [-0.05, 0) is 30.9 Å². The summed E-state index contributed by atoms with van der Waals surface area (Å²) in [6.45, 7) is 6.58. The van der Waals surface area contributed by atoms with Gasteiger partial charge >= 0.3 is 0 Å². The van der Waals surface area contributed by atoms with Gasteiger partial charge in [0.05, 0.1) is 6.20 Å². The molecule has 0 bridgehead atoms. The lowest BCUT2D eigenvalue weighted by Gasteiger charge is -2.22. The van der Waals surface area contributed by atoms with Gasteiger partial charge in [-0.25, -0.2) is 0 Å². The van der Waals surface area contributed by atoms with E-state index >= 15 is 0 Å². The summed E-state index contributed by atoms with van der Waals surface area (Å²) in [5.74, 6) is 0. The highest BCUT2D eigenvalue weighted by atomic mass is 15.1. The van der Waals surface area contributed by atoms with Gasteiger partial charge in [0.15, 0.2) is 0 Å². The zero-order valence-electron chi connectivity index (χ0n) is 12.0. The molecule has 0 aliphatic rings. The predicted octanol–water partition coefficient (Wildman–Crippen LogP) is 3.77. The Balaban J connectivity index is 2.06. The van der Waals surface area contributed by atoms with Gasteiger partial charge in [-0.2, -0.15) is 5.10 Å². The monoisotopic (exact) mass is 257 g/mol. The van der Waals surface area contributed by atoms with Crippen molar-refractivity contribution in [1.29, 1.82) is 0 Å². The molecule has 2 atom stereocenters. The molecule has 102 valence electrons. The summed E-state index contributed by atoms with van der Waals surface area (Å²) < 4.78 is 0. The summed E-state index contributed by atoms with van der Waals surface area (Å²) in [5, 5.41) is 10.5. The van der Waals surface area contributed by atoms with Crippen LogP contribution >= 0.6 is 0 Å². The molecule has 2 rings (SSSR count). The van der Waals surface area contributed by atoms with Crippen molar-refractivity contribution in [1.82, 2.24) is 15.5 Å². The number of rotatable bonds is 6. The van der Waals surface area contributed by atoms with Crippen LogP contribution in [0.2, 0.25) is 0 Å². The molecular formula is C16H23N3. The zero-order chi connectivity index (χ0) is 13.7. The minimum atomic E-state index is 0.301. The standard InChI is InChI=1S/C16H23N3/c1-4-13-6-8-14(9-7-13)16(5-2)19-12(3)15-10-17-18-11-15/h6-12,16,19H,4-5H2,1-3H3,(H,17,18). The number of benzene rings is 1. The number of hydrogen-bond donors (Lipinski definition) is 2. The van der Waals surface area contributed by atoms with Crippen LogP contribution < -0.4 is 5.32 Å². The number of H-pyrrole nitrogens is 1. The Kier molecular flexibility index (Phi) is 4.74. The highest BCUT2D eigenvalue weighted by Crippen LogP contribution is 2.22. The third kappa shape index (κ3) is 3.44. The van der Waals surface area contributed by atoms with Gasteiger partial charge in [0.25, 0.3) is 0 Å². The van der Waals surface area contributed by atoms with E-state index in [1.165, 1.54) is 16.7 Å². The molecule has 19 heavy (non-hydrogen) atoms. The number of aromatic nitrogens is 2. The van der Waals surface area contributed by atoms with Crippen LogP contribution in [-0.4, -0.2) is 10.2 Å². The Morgan fingerprint density at radius 2 is 1.89 bits per heavy atom. The van der Waals surface area contributed by atoms with Crippen molar-refractivity contribution in [3.63, 3.8) is 0 Å². The molecule has 3 heteroatoms. The Bertz CT molecular complexity index is 473. The van der Waals surface area contributed by atoms with E-state index in [-0.39, 0.29) is 0 Å². The van der Waals surface area contributed by atoms with Crippen molar-refractivity contribution in [3.05, 3.63) is 53.3 Å². The van der Waals surface area contributed by atoms with Crippen molar-refractivity contribution in [3.8, 4) is 0 Å². The van der Waals surface area contributed by atoms with Crippen molar-refractivity contribution < 1.29 is 0 Å². The largest absolute Gasteiger partial charge is 0.303 e. The molecule has 0 fully saturated rings. The number of hydrogen-bond acceptors (Lipinski definition) is 2. The van der Waals surface area contributed by atoms with Gasteiger partial charge < -0.3 is 5.32 Å². The average Bonchev–Trinajstić information content (AvgIpc) is 2.99. The lowest BCUT2D eigenvalue weighted by atomic mass is 10.0. The van der Waals surface area contributed by atoms with Crippen LogP contribution in [0.5, 0.6) is 0 Å². The third-order valence-corrected chi connectivity index (χ3v) is 3.67. The van der Waals surface area contributed by atoms with E-state index in [1.54, 1.807) is 0 Å². The molecule has 3 nitrogen and oxygen atoms in total. The second kappa shape index (κ2) is 6.53. The summed E-state index contributed by atoms with van der Waals surface area (Å²) in [7, 11) is 0. The van der Waals surface area contributed by atoms with E-state index < -0.39 is 0 Å². The molecule has 2 aromatic rings. The van der Waals surface area contributed by atoms with E-state index in [4.69, 9.17) is 0 Å². The molecule has 1 aromatic carbocycles. The Morgan fingerprint density at radius 1 is 1.16 bits per heavy atom. The molecule has 0 spiro atoms. The van der Waals surface area contributed by atoms with Crippen LogP contribution in [0.15, 0.2) is 36.7 Å². The fourth-order valence-corrected chi connectivity index (χ4v) is 2.33. The van der Waals surface area contributed by atoms with Crippen LogP contribution in [0, 0.1) is 0 Å². The van der Waals surface area contributed by atoms with E-state index in [9.17, 15) is 0 Å². The SMILES string of the molecule is CCc1ccc(C(CC)NC(C)c2cn[nH]c2)cc1. The second-order valence-corrected chi connectivity index (χ2v) is 4.98. The lowest BCUT2D eigenvalue weighted by molar-refractivity contribution is 0.456. The van der Waals surface area contributed by atoms with Gasteiger partial charge in [-0.15, -0.1) is 0 Å². The minimum Gasteiger partial charge on any atom is -0.303 e. The summed E-state index contributed by atoms with van der Waals surface area (Å²) in [6, 6.07) is 9.61. The van der Waals surface area contributed by atoms with Gasteiger partial charge in [-0.1, -0.05) is 38.1 Å². The molecule has 0 aliphatic heterocycles. The average molecular weight is 257 g/mol. The molecule has 0 saturated heterocycles. The maximum absolute atomic E-state index is 4.01. The second-order valence-electron chi connectivity index (χ2n) is 4.98. The highest BCUT2D eigenvalue weighted by Gasteiger charge is 2.14. The van der Waals surface area contributed by atoms with E-state index in [0.717, 1.165) is 12.8 Å². The quantitative estimate of drug-likeness (QED) is 0.827. The number of nitrogens with zero attached hydrogens (tertiary/aromatic N) is 1. The molecular weight excluding hydrogens is 234 g/mol. The summed E-state index contributed by atoms with van der Waals surface area (Å²) >= 11 is 0. The van der Waals surface area contributed by atoms with Gasteiger partial charge in [0.1, 0.15) is 0 Å². The third-order valence-electron chi connectivity index (χ3n) is 3.67. The minimum absolute atomic E-state index is 0.301. The fourth-order valence-electron chi connectivity index (χ4n) is 2.33. The zero-order valence-corrected chi connectivity index (χ0v) is 12.0. The topological polar surface area (TPSA) is 40.7 Å².